The van der Waals surface area contributed by atoms with Gasteiger partial charge in [0.05, 0.1) is 12.0 Å². The number of nitrogens with one attached hydrogen (secondary N) is 2. The standard InChI is InChI=1S/C12H17N3O5S/c1-8(11(16)20-2)15-12(17)14-7-9-3-5-10(6-4-9)21(13,18)19/h3-6,8H,7H2,1-2H3,(H2,13,18,19)(H2,14,15,17). The highest BCUT2D eigenvalue weighted by atomic mass is 32.2. The Kier molecular flexibility index (Phi) is 5.68. The van der Waals surface area contributed by atoms with E-state index in [9.17, 15) is 18.0 Å². The lowest BCUT2D eigenvalue weighted by Crippen LogP contribution is -2.44. The van der Waals surface area contributed by atoms with Crippen LogP contribution in [0.2, 0.25) is 0 Å². The van der Waals surface area contributed by atoms with Crippen LogP contribution < -0.4 is 15.8 Å². The van der Waals surface area contributed by atoms with Gasteiger partial charge < -0.3 is 15.4 Å². The maximum Gasteiger partial charge on any atom is 0.328 e. The second-order valence-electron chi connectivity index (χ2n) is 4.26. The lowest BCUT2D eigenvalue weighted by molar-refractivity contribution is -0.142. The molecule has 0 heterocycles. The maximum atomic E-state index is 11.5. The molecule has 0 bridgehead atoms. The quantitative estimate of drug-likeness (QED) is 0.642. The first-order chi connectivity index (χ1) is 9.74. The van der Waals surface area contributed by atoms with Crippen LogP contribution in [0, 0.1) is 0 Å². The molecule has 0 aromatic heterocycles. The first-order valence-corrected chi connectivity index (χ1v) is 7.52. The third-order valence-electron chi connectivity index (χ3n) is 2.61. The van der Waals surface area contributed by atoms with E-state index in [0.29, 0.717) is 5.56 Å². The average Bonchev–Trinajstić information content (AvgIpc) is 2.43. The number of hydrogen-bond donors (Lipinski definition) is 3. The number of carbonyl (C=O) groups excluding carboxylic acids is 2. The van der Waals surface area contributed by atoms with Crippen molar-refractivity contribution in [1.29, 1.82) is 0 Å². The van der Waals surface area contributed by atoms with Crippen molar-refractivity contribution in [2.24, 2.45) is 5.14 Å². The second-order valence-corrected chi connectivity index (χ2v) is 5.82. The number of rotatable bonds is 5. The third-order valence-corrected chi connectivity index (χ3v) is 3.54. The van der Waals surface area contributed by atoms with E-state index in [4.69, 9.17) is 5.14 Å². The molecule has 0 saturated heterocycles. The van der Waals surface area contributed by atoms with E-state index < -0.39 is 28.1 Å². The Morgan fingerprint density at radius 2 is 1.86 bits per heavy atom. The van der Waals surface area contributed by atoms with Crippen LogP contribution >= 0.6 is 0 Å². The molecule has 2 amide bonds. The topological polar surface area (TPSA) is 128 Å². The number of amides is 2. The van der Waals surface area contributed by atoms with Crippen LogP contribution in [0.15, 0.2) is 29.2 Å². The molecular weight excluding hydrogens is 298 g/mol. The Labute approximate surface area is 122 Å². The third kappa shape index (κ3) is 5.40. The summed E-state index contributed by atoms with van der Waals surface area (Å²) in [6, 6.07) is 4.46. The summed E-state index contributed by atoms with van der Waals surface area (Å²) in [6.45, 7) is 1.66. The van der Waals surface area contributed by atoms with Gasteiger partial charge in [-0.2, -0.15) is 0 Å². The summed E-state index contributed by atoms with van der Waals surface area (Å²) in [4.78, 5) is 22.6. The summed E-state index contributed by atoms with van der Waals surface area (Å²) in [6.07, 6.45) is 0. The Hall–Kier alpha value is -2.13. The Morgan fingerprint density at radius 3 is 2.33 bits per heavy atom. The molecule has 116 valence electrons. The van der Waals surface area contributed by atoms with Crippen molar-refractivity contribution < 1.29 is 22.7 Å². The normalized spacial score (nSPS) is 12.3. The molecule has 8 nitrogen and oxygen atoms in total. The van der Waals surface area contributed by atoms with Crippen LogP contribution in [-0.4, -0.2) is 33.6 Å². The fourth-order valence-corrected chi connectivity index (χ4v) is 1.98. The summed E-state index contributed by atoms with van der Waals surface area (Å²) in [5, 5.41) is 9.90. The number of ether oxygens (including phenoxy) is 1. The summed E-state index contributed by atoms with van der Waals surface area (Å²) >= 11 is 0. The molecule has 0 aliphatic rings. The molecule has 0 fully saturated rings. The van der Waals surface area contributed by atoms with Crippen LogP contribution in [0.25, 0.3) is 0 Å². The predicted molar refractivity (Wildman–Crippen MR) is 74.7 cm³/mol. The smallest absolute Gasteiger partial charge is 0.328 e. The summed E-state index contributed by atoms with van der Waals surface area (Å²) in [5.74, 6) is -0.553. The lowest BCUT2D eigenvalue weighted by atomic mass is 10.2. The molecule has 0 spiro atoms. The van der Waals surface area contributed by atoms with Crippen LogP contribution in [-0.2, 0) is 26.1 Å². The molecule has 21 heavy (non-hydrogen) atoms. The fourth-order valence-electron chi connectivity index (χ4n) is 1.46. The zero-order chi connectivity index (χ0) is 16.0. The lowest BCUT2D eigenvalue weighted by Gasteiger charge is -2.12. The van der Waals surface area contributed by atoms with Crippen molar-refractivity contribution in [3.05, 3.63) is 29.8 Å². The zero-order valence-corrected chi connectivity index (χ0v) is 12.4. The average molecular weight is 315 g/mol. The predicted octanol–water partition coefficient (Wildman–Crippen LogP) is -0.305. The number of primary sulfonamides is 1. The van der Waals surface area contributed by atoms with E-state index in [2.05, 4.69) is 15.4 Å². The van der Waals surface area contributed by atoms with Gasteiger partial charge in [-0.1, -0.05) is 12.1 Å². The minimum absolute atomic E-state index is 0.00462. The van der Waals surface area contributed by atoms with E-state index in [1.165, 1.54) is 38.3 Å². The van der Waals surface area contributed by atoms with Crippen molar-refractivity contribution in [1.82, 2.24) is 10.6 Å². The van der Waals surface area contributed by atoms with Crippen LogP contribution in [0.4, 0.5) is 4.79 Å². The van der Waals surface area contributed by atoms with Crippen molar-refractivity contribution in [2.45, 2.75) is 24.4 Å². The number of urea groups is 1. The molecule has 1 aromatic rings. The molecule has 0 aliphatic heterocycles. The van der Waals surface area contributed by atoms with Crippen molar-refractivity contribution in [3.63, 3.8) is 0 Å². The summed E-state index contributed by atoms with van der Waals surface area (Å²) in [7, 11) is -2.50. The summed E-state index contributed by atoms with van der Waals surface area (Å²) < 4.78 is 26.6. The SMILES string of the molecule is COC(=O)C(C)NC(=O)NCc1ccc(S(N)(=O)=O)cc1. The molecule has 4 N–H and O–H groups in total. The van der Waals surface area contributed by atoms with Crippen molar-refractivity contribution in [3.8, 4) is 0 Å². The van der Waals surface area contributed by atoms with Gasteiger partial charge in [-0.15, -0.1) is 0 Å². The van der Waals surface area contributed by atoms with Gasteiger partial charge >= 0.3 is 12.0 Å². The molecular formula is C12H17N3O5S. The number of methoxy groups -OCH3 is 1. The number of carbonyl (C=O) groups is 2. The van der Waals surface area contributed by atoms with Gasteiger partial charge in [0.2, 0.25) is 10.0 Å². The van der Waals surface area contributed by atoms with Gasteiger partial charge in [0.15, 0.2) is 0 Å². The molecule has 1 atom stereocenters. The molecule has 0 saturated carbocycles. The Balaban J connectivity index is 2.52. The minimum atomic E-state index is -3.73. The van der Waals surface area contributed by atoms with Crippen LogP contribution in [0.3, 0.4) is 0 Å². The van der Waals surface area contributed by atoms with Gasteiger partial charge in [-0.3, -0.25) is 0 Å². The maximum absolute atomic E-state index is 11.5. The van der Waals surface area contributed by atoms with Gasteiger partial charge in [-0.05, 0) is 24.6 Å². The molecule has 0 aliphatic carbocycles. The van der Waals surface area contributed by atoms with Gasteiger partial charge in [-0.25, -0.2) is 23.1 Å². The molecule has 1 unspecified atom stereocenters. The van der Waals surface area contributed by atoms with E-state index in [0.717, 1.165) is 0 Å². The zero-order valence-electron chi connectivity index (χ0n) is 11.6. The second kappa shape index (κ2) is 7.04. The minimum Gasteiger partial charge on any atom is -0.467 e. The molecule has 9 heteroatoms. The number of benzene rings is 1. The van der Waals surface area contributed by atoms with E-state index in [1.807, 2.05) is 0 Å². The molecule has 0 radical (unpaired) electrons. The van der Waals surface area contributed by atoms with Crippen LogP contribution in [0.5, 0.6) is 0 Å². The molecule has 1 rings (SSSR count). The molecule has 1 aromatic carbocycles. The largest absolute Gasteiger partial charge is 0.467 e. The monoisotopic (exact) mass is 315 g/mol. The van der Waals surface area contributed by atoms with E-state index in [1.54, 1.807) is 0 Å². The highest BCUT2D eigenvalue weighted by Crippen LogP contribution is 2.08. The van der Waals surface area contributed by atoms with Crippen molar-refractivity contribution >= 4 is 22.0 Å². The number of sulfonamides is 1. The van der Waals surface area contributed by atoms with E-state index >= 15 is 0 Å². The first-order valence-electron chi connectivity index (χ1n) is 5.98. The van der Waals surface area contributed by atoms with Gasteiger partial charge in [0.25, 0.3) is 0 Å². The van der Waals surface area contributed by atoms with Crippen LogP contribution in [0.1, 0.15) is 12.5 Å². The number of esters is 1. The van der Waals surface area contributed by atoms with Crippen molar-refractivity contribution in [2.75, 3.05) is 7.11 Å². The Morgan fingerprint density at radius 1 is 1.29 bits per heavy atom. The Bertz CT molecular complexity index is 612. The highest BCUT2D eigenvalue weighted by molar-refractivity contribution is 7.89. The number of hydrogen-bond acceptors (Lipinski definition) is 5. The van der Waals surface area contributed by atoms with Gasteiger partial charge in [0.1, 0.15) is 6.04 Å². The number of nitrogens with two attached hydrogens (primary N) is 1. The highest BCUT2D eigenvalue weighted by Gasteiger charge is 2.15. The fraction of sp³-hybridized carbons (Fsp3) is 0.333. The van der Waals surface area contributed by atoms with E-state index in [-0.39, 0.29) is 11.4 Å². The first kappa shape index (κ1) is 16.9. The van der Waals surface area contributed by atoms with Gasteiger partial charge in [0, 0.05) is 6.54 Å². The summed E-state index contributed by atoms with van der Waals surface area (Å²) in [5.41, 5.74) is 0.684.